The van der Waals surface area contributed by atoms with Gasteiger partial charge in [0.25, 0.3) is 5.24 Å². The molecule has 1 aromatic rings. The van der Waals surface area contributed by atoms with Crippen LogP contribution in [0, 0.1) is 0 Å². The number of rotatable bonds is 2. The molecule has 0 aromatic heterocycles. The molecule has 0 aliphatic carbocycles. The summed E-state index contributed by atoms with van der Waals surface area (Å²) in [7, 11) is -0.433. The Hall–Kier alpha value is -0.545. The Morgan fingerprint density at radius 2 is 2.00 bits per heavy atom. The van der Waals surface area contributed by atoms with E-state index in [2.05, 4.69) is 0 Å². The van der Waals surface area contributed by atoms with Crippen molar-refractivity contribution in [3.05, 3.63) is 28.8 Å². The van der Waals surface area contributed by atoms with Crippen LogP contribution >= 0.6 is 23.2 Å². The molecule has 1 heterocycles. The summed E-state index contributed by atoms with van der Waals surface area (Å²) in [5.74, 6) is 0. The topological polar surface area (TPSA) is 35.5 Å². The number of carbonyl (C=O) groups is 1. The van der Waals surface area contributed by atoms with Crippen molar-refractivity contribution in [2.75, 3.05) is 13.2 Å². The molecule has 1 saturated heterocycles. The molecule has 1 aliphatic rings. The maximum absolute atomic E-state index is 10.9. The van der Waals surface area contributed by atoms with Crippen molar-refractivity contribution in [3.63, 3.8) is 0 Å². The SMILES string of the molecule is O=C(Cl)c1ccc(B2OCCO2)c(Cl)c1. The molecule has 0 unspecified atom stereocenters. The minimum absolute atomic E-state index is 0.364. The van der Waals surface area contributed by atoms with Gasteiger partial charge < -0.3 is 9.31 Å². The average Bonchev–Trinajstić information content (AvgIpc) is 2.70. The van der Waals surface area contributed by atoms with E-state index in [4.69, 9.17) is 32.5 Å². The van der Waals surface area contributed by atoms with Crippen molar-refractivity contribution in [1.29, 1.82) is 0 Å². The normalized spacial score (nSPS) is 15.7. The Morgan fingerprint density at radius 3 is 2.53 bits per heavy atom. The summed E-state index contributed by atoms with van der Waals surface area (Å²) in [6.45, 7) is 1.11. The van der Waals surface area contributed by atoms with Crippen LogP contribution in [0.4, 0.5) is 0 Å². The molecule has 0 saturated carbocycles. The highest BCUT2D eigenvalue weighted by molar-refractivity contribution is 6.68. The molecular formula is C9H7BCl2O3. The molecule has 0 N–H and O–H groups in total. The van der Waals surface area contributed by atoms with Crippen LogP contribution < -0.4 is 5.46 Å². The first-order chi connectivity index (χ1) is 7.18. The van der Waals surface area contributed by atoms with Crippen molar-refractivity contribution < 1.29 is 14.1 Å². The van der Waals surface area contributed by atoms with E-state index in [-0.39, 0.29) is 0 Å². The molecule has 0 amide bonds. The monoisotopic (exact) mass is 244 g/mol. The molecule has 0 atom stereocenters. The summed E-state index contributed by atoms with van der Waals surface area (Å²) < 4.78 is 10.6. The minimum Gasteiger partial charge on any atom is -0.405 e. The molecule has 0 radical (unpaired) electrons. The molecule has 1 aromatic carbocycles. The van der Waals surface area contributed by atoms with E-state index >= 15 is 0 Å². The fourth-order valence-corrected chi connectivity index (χ4v) is 1.77. The molecule has 78 valence electrons. The van der Waals surface area contributed by atoms with E-state index < -0.39 is 12.4 Å². The Kier molecular flexibility index (Phi) is 3.31. The summed E-state index contributed by atoms with van der Waals surface area (Å²) in [6, 6.07) is 4.80. The third kappa shape index (κ3) is 2.34. The number of benzene rings is 1. The standard InChI is InChI=1S/C9H7BCl2O3/c11-8-5-6(9(12)13)1-2-7(8)10-14-3-4-15-10/h1-2,5H,3-4H2. The van der Waals surface area contributed by atoms with Crippen molar-refractivity contribution in [2.45, 2.75) is 0 Å². The lowest BCUT2D eigenvalue weighted by molar-refractivity contribution is 0.108. The average molecular weight is 245 g/mol. The van der Waals surface area contributed by atoms with Crippen LogP contribution in [0.5, 0.6) is 0 Å². The summed E-state index contributed by atoms with van der Waals surface area (Å²) >= 11 is 11.3. The van der Waals surface area contributed by atoms with E-state index in [0.717, 1.165) is 5.46 Å². The van der Waals surface area contributed by atoms with Crippen LogP contribution in [-0.4, -0.2) is 25.6 Å². The summed E-state index contributed by atoms with van der Waals surface area (Å²) in [5, 5.41) is -0.106. The molecule has 15 heavy (non-hydrogen) atoms. The van der Waals surface area contributed by atoms with Crippen molar-refractivity contribution in [1.82, 2.24) is 0 Å². The number of hydrogen-bond acceptors (Lipinski definition) is 3. The fraction of sp³-hybridized carbons (Fsp3) is 0.222. The van der Waals surface area contributed by atoms with Gasteiger partial charge in [-0.1, -0.05) is 23.7 Å². The zero-order valence-corrected chi connectivity index (χ0v) is 9.22. The van der Waals surface area contributed by atoms with E-state index in [1.165, 1.54) is 6.07 Å². The van der Waals surface area contributed by atoms with E-state index in [0.29, 0.717) is 23.8 Å². The Balaban J connectivity index is 2.29. The van der Waals surface area contributed by atoms with Crippen LogP contribution in [0.25, 0.3) is 0 Å². The van der Waals surface area contributed by atoms with Crippen molar-refractivity contribution >= 4 is 41.0 Å². The van der Waals surface area contributed by atoms with Gasteiger partial charge in [-0.3, -0.25) is 4.79 Å². The second-order valence-corrected chi connectivity index (χ2v) is 3.83. The molecule has 0 spiro atoms. The van der Waals surface area contributed by atoms with Gasteiger partial charge in [0, 0.05) is 16.0 Å². The summed E-state index contributed by atoms with van der Waals surface area (Å²) in [6.07, 6.45) is 0. The summed E-state index contributed by atoms with van der Waals surface area (Å²) in [5.41, 5.74) is 1.08. The zero-order valence-electron chi connectivity index (χ0n) is 7.70. The largest absolute Gasteiger partial charge is 0.495 e. The molecule has 6 heteroatoms. The van der Waals surface area contributed by atoms with Gasteiger partial charge in [-0.05, 0) is 17.7 Å². The first-order valence-corrected chi connectivity index (χ1v) is 5.16. The Labute approximate surface area is 97.4 Å². The van der Waals surface area contributed by atoms with Crippen LogP contribution in [0.2, 0.25) is 5.02 Å². The highest BCUT2D eigenvalue weighted by atomic mass is 35.5. The third-order valence-electron chi connectivity index (χ3n) is 2.10. The van der Waals surface area contributed by atoms with Crippen molar-refractivity contribution in [2.24, 2.45) is 0 Å². The first kappa shape index (κ1) is 11.0. The van der Waals surface area contributed by atoms with Crippen molar-refractivity contribution in [3.8, 4) is 0 Å². The smallest absolute Gasteiger partial charge is 0.405 e. The van der Waals surface area contributed by atoms with Crippen LogP contribution in [0.15, 0.2) is 18.2 Å². The predicted octanol–water partition coefficient (Wildman–Crippen LogP) is 1.46. The number of carbonyl (C=O) groups excluding carboxylic acids is 1. The maximum atomic E-state index is 10.9. The molecule has 0 bridgehead atoms. The lowest BCUT2D eigenvalue weighted by Crippen LogP contribution is -2.32. The molecular weight excluding hydrogens is 238 g/mol. The lowest BCUT2D eigenvalue weighted by atomic mass is 9.79. The van der Waals surface area contributed by atoms with Crippen LogP contribution in [0.3, 0.4) is 0 Å². The lowest BCUT2D eigenvalue weighted by Gasteiger charge is -2.07. The minimum atomic E-state index is -0.531. The highest BCUT2D eigenvalue weighted by Crippen LogP contribution is 2.14. The van der Waals surface area contributed by atoms with Gasteiger partial charge in [0.2, 0.25) is 0 Å². The maximum Gasteiger partial charge on any atom is 0.495 e. The van der Waals surface area contributed by atoms with Gasteiger partial charge in [0.1, 0.15) is 0 Å². The second kappa shape index (κ2) is 4.53. The van der Waals surface area contributed by atoms with E-state index in [1.807, 2.05) is 0 Å². The second-order valence-electron chi connectivity index (χ2n) is 3.08. The third-order valence-corrected chi connectivity index (χ3v) is 2.65. The van der Waals surface area contributed by atoms with Crippen LogP contribution in [-0.2, 0) is 9.31 Å². The van der Waals surface area contributed by atoms with Gasteiger partial charge in [-0.2, -0.15) is 0 Å². The molecule has 1 fully saturated rings. The molecule has 3 nitrogen and oxygen atoms in total. The highest BCUT2D eigenvalue weighted by Gasteiger charge is 2.28. The first-order valence-electron chi connectivity index (χ1n) is 4.41. The Morgan fingerprint density at radius 1 is 1.33 bits per heavy atom. The zero-order chi connectivity index (χ0) is 10.8. The quantitative estimate of drug-likeness (QED) is 0.584. The van der Waals surface area contributed by atoms with Crippen LogP contribution in [0.1, 0.15) is 10.4 Å². The number of hydrogen-bond donors (Lipinski definition) is 0. The molecule has 1 aliphatic heterocycles. The van der Waals surface area contributed by atoms with Gasteiger partial charge >= 0.3 is 7.12 Å². The fourth-order valence-electron chi connectivity index (χ4n) is 1.38. The van der Waals surface area contributed by atoms with Gasteiger partial charge in [0.05, 0.1) is 13.2 Å². The van der Waals surface area contributed by atoms with Gasteiger partial charge in [0.15, 0.2) is 0 Å². The van der Waals surface area contributed by atoms with Gasteiger partial charge in [-0.15, -0.1) is 0 Å². The predicted molar refractivity (Wildman–Crippen MR) is 58.9 cm³/mol. The summed E-state index contributed by atoms with van der Waals surface area (Å²) in [4.78, 5) is 10.9. The van der Waals surface area contributed by atoms with E-state index in [1.54, 1.807) is 12.1 Å². The number of halogens is 2. The molecule has 2 rings (SSSR count). The Bertz CT molecular complexity index is 391. The van der Waals surface area contributed by atoms with E-state index in [9.17, 15) is 4.79 Å². The van der Waals surface area contributed by atoms with Gasteiger partial charge in [-0.25, -0.2) is 0 Å².